The molecule has 1 fully saturated rings. The van der Waals surface area contributed by atoms with Gasteiger partial charge in [0.05, 0.1) is 30.0 Å². The van der Waals surface area contributed by atoms with Crippen molar-refractivity contribution in [3.8, 4) is 0 Å². The normalized spacial score (nSPS) is 21.3. The average Bonchev–Trinajstić information content (AvgIpc) is 3.16. The van der Waals surface area contributed by atoms with E-state index in [4.69, 9.17) is 16.6 Å². The standard InChI is InChI=1S/C25H28ClN5O/c1-25(32,22-15-27-16-30(22)3)21-13-17-5-4-8-28-23(17)24(31-11-9-29(2)10-12-31)19-7-6-18(26)14-20(19)21/h4-8,13-16,24,32H,9-12H2,1-3H3/t24?,25-/m0/s1. The molecule has 7 heteroatoms. The van der Waals surface area contributed by atoms with Crippen LogP contribution in [0.5, 0.6) is 0 Å². The Morgan fingerprint density at radius 2 is 1.91 bits per heavy atom. The lowest BCUT2D eigenvalue weighted by Crippen LogP contribution is -2.46. The topological polar surface area (TPSA) is 57.4 Å². The van der Waals surface area contributed by atoms with Gasteiger partial charge in [-0.25, -0.2) is 4.98 Å². The molecule has 1 saturated heterocycles. The van der Waals surface area contributed by atoms with Gasteiger partial charge in [0.2, 0.25) is 0 Å². The molecule has 3 heterocycles. The van der Waals surface area contributed by atoms with E-state index in [1.807, 2.05) is 42.9 Å². The number of nitrogens with zero attached hydrogens (tertiary/aromatic N) is 5. The minimum atomic E-state index is -1.27. The minimum absolute atomic E-state index is 0.0109. The van der Waals surface area contributed by atoms with Crippen molar-refractivity contribution in [2.75, 3.05) is 33.2 Å². The number of imidazole rings is 1. The van der Waals surface area contributed by atoms with E-state index in [1.165, 1.54) is 0 Å². The number of hydrogen-bond donors (Lipinski definition) is 1. The summed E-state index contributed by atoms with van der Waals surface area (Å²) in [5, 5.41) is 12.5. The van der Waals surface area contributed by atoms with Crippen LogP contribution in [0.3, 0.4) is 0 Å². The maximum absolute atomic E-state index is 11.9. The van der Waals surface area contributed by atoms with Gasteiger partial charge in [0.15, 0.2) is 0 Å². The first-order chi connectivity index (χ1) is 15.4. The molecule has 6 nitrogen and oxygen atoms in total. The highest BCUT2D eigenvalue weighted by Crippen LogP contribution is 2.46. The van der Waals surface area contributed by atoms with Gasteiger partial charge in [-0.3, -0.25) is 9.88 Å². The van der Waals surface area contributed by atoms with Crippen molar-refractivity contribution in [3.63, 3.8) is 0 Å². The SMILES string of the molecule is CN1CCN(C2c3ccc(Cl)cc3C([C@](C)(O)c3cncn3C)=Cc3cccnc32)CC1. The molecule has 5 rings (SSSR count). The summed E-state index contributed by atoms with van der Waals surface area (Å²) in [6.45, 7) is 5.75. The third-order valence-corrected chi connectivity index (χ3v) is 7.01. The van der Waals surface area contributed by atoms with Gasteiger partial charge in [-0.2, -0.15) is 0 Å². The van der Waals surface area contributed by atoms with Crippen LogP contribution in [0.2, 0.25) is 5.02 Å². The fraction of sp³-hybridized carbons (Fsp3) is 0.360. The Morgan fingerprint density at radius 1 is 1.12 bits per heavy atom. The van der Waals surface area contributed by atoms with Crippen molar-refractivity contribution >= 4 is 23.3 Å². The minimum Gasteiger partial charge on any atom is -0.379 e. The van der Waals surface area contributed by atoms with Gasteiger partial charge in [0.1, 0.15) is 5.60 Å². The van der Waals surface area contributed by atoms with E-state index in [0.29, 0.717) is 5.02 Å². The molecule has 0 bridgehead atoms. The van der Waals surface area contributed by atoms with Crippen LogP contribution in [0.4, 0.5) is 0 Å². The van der Waals surface area contributed by atoms with Gasteiger partial charge >= 0.3 is 0 Å². The van der Waals surface area contributed by atoms with Crippen LogP contribution >= 0.6 is 11.6 Å². The van der Waals surface area contributed by atoms with E-state index in [9.17, 15) is 5.11 Å². The molecule has 0 saturated carbocycles. The second kappa shape index (κ2) is 8.12. The van der Waals surface area contributed by atoms with E-state index in [0.717, 1.165) is 59.8 Å². The van der Waals surface area contributed by atoms with Crippen molar-refractivity contribution in [2.24, 2.45) is 7.05 Å². The summed E-state index contributed by atoms with van der Waals surface area (Å²) in [7, 11) is 4.06. The third kappa shape index (κ3) is 3.57. The number of fused-ring (bicyclic) bond motifs is 2. The Balaban J connectivity index is 1.75. The zero-order valence-electron chi connectivity index (χ0n) is 18.7. The molecule has 0 spiro atoms. The largest absolute Gasteiger partial charge is 0.379 e. The number of benzene rings is 1. The fourth-order valence-electron chi connectivity index (χ4n) is 4.98. The summed E-state index contributed by atoms with van der Waals surface area (Å²) in [6.07, 6.45) is 7.36. The van der Waals surface area contributed by atoms with Gasteiger partial charge in [-0.15, -0.1) is 0 Å². The molecule has 2 aromatic heterocycles. The summed E-state index contributed by atoms with van der Waals surface area (Å²) in [6, 6.07) is 10.0. The van der Waals surface area contributed by atoms with Crippen molar-refractivity contribution in [1.82, 2.24) is 24.3 Å². The number of piperazine rings is 1. The van der Waals surface area contributed by atoms with Crippen LogP contribution in [0.1, 0.15) is 41.0 Å². The second-order valence-corrected chi connectivity index (χ2v) is 9.41. The summed E-state index contributed by atoms with van der Waals surface area (Å²) in [5.74, 6) is 0. The number of likely N-dealkylation sites (N-methyl/N-ethyl adjacent to an activating group) is 1. The highest BCUT2D eigenvalue weighted by atomic mass is 35.5. The van der Waals surface area contributed by atoms with E-state index in [-0.39, 0.29) is 6.04 Å². The van der Waals surface area contributed by atoms with Crippen LogP contribution < -0.4 is 0 Å². The Labute approximate surface area is 193 Å². The van der Waals surface area contributed by atoms with E-state index >= 15 is 0 Å². The summed E-state index contributed by atoms with van der Waals surface area (Å²) in [4.78, 5) is 13.9. The molecule has 1 aliphatic heterocycles. The molecular weight excluding hydrogens is 422 g/mol. The average molecular weight is 450 g/mol. The summed E-state index contributed by atoms with van der Waals surface area (Å²) in [5.41, 5.74) is 4.34. The van der Waals surface area contributed by atoms with Gasteiger partial charge < -0.3 is 14.6 Å². The molecular formula is C25H28ClN5O. The van der Waals surface area contributed by atoms with E-state index < -0.39 is 5.60 Å². The molecule has 32 heavy (non-hydrogen) atoms. The smallest absolute Gasteiger partial charge is 0.129 e. The second-order valence-electron chi connectivity index (χ2n) is 8.97. The first-order valence-corrected chi connectivity index (χ1v) is 11.3. The van der Waals surface area contributed by atoms with Gasteiger partial charge in [-0.1, -0.05) is 23.7 Å². The lowest BCUT2D eigenvalue weighted by Gasteiger charge is -2.39. The molecule has 1 aliphatic carbocycles. The van der Waals surface area contributed by atoms with Crippen molar-refractivity contribution < 1.29 is 5.11 Å². The monoisotopic (exact) mass is 449 g/mol. The molecule has 2 aliphatic rings. The van der Waals surface area contributed by atoms with Crippen LogP contribution in [0, 0.1) is 0 Å². The maximum Gasteiger partial charge on any atom is 0.129 e. The molecule has 1 N–H and O–H groups in total. The molecule has 1 unspecified atom stereocenters. The predicted octanol–water partition coefficient (Wildman–Crippen LogP) is 3.57. The van der Waals surface area contributed by atoms with Gasteiger partial charge in [0.25, 0.3) is 0 Å². The number of rotatable bonds is 3. The first kappa shape index (κ1) is 21.3. The Kier molecular flexibility index (Phi) is 5.42. The molecule has 0 amide bonds. The number of aromatic nitrogens is 3. The number of halogens is 1. The zero-order chi connectivity index (χ0) is 22.5. The quantitative estimate of drug-likeness (QED) is 0.662. The van der Waals surface area contributed by atoms with Crippen LogP contribution in [0.15, 0.2) is 49.1 Å². The zero-order valence-corrected chi connectivity index (χ0v) is 19.4. The predicted molar refractivity (Wildman–Crippen MR) is 127 cm³/mol. The number of pyridine rings is 1. The third-order valence-electron chi connectivity index (χ3n) is 6.77. The van der Waals surface area contributed by atoms with Crippen molar-refractivity contribution in [3.05, 3.63) is 82.2 Å². The maximum atomic E-state index is 11.9. The summed E-state index contributed by atoms with van der Waals surface area (Å²) < 4.78 is 1.86. The Morgan fingerprint density at radius 3 is 2.62 bits per heavy atom. The fourth-order valence-corrected chi connectivity index (χ4v) is 5.15. The van der Waals surface area contributed by atoms with Crippen LogP contribution in [-0.4, -0.2) is 62.7 Å². The lowest BCUT2D eigenvalue weighted by molar-refractivity contribution is 0.114. The highest BCUT2D eigenvalue weighted by molar-refractivity contribution is 6.30. The number of hydrogen-bond acceptors (Lipinski definition) is 5. The van der Waals surface area contributed by atoms with Crippen LogP contribution in [0.25, 0.3) is 11.6 Å². The summed E-state index contributed by atoms with van der Waals surface area (Å²) >= 11 is 6.50. The molecule has 166 valence electrons. The van der Waals surface area contributed by atoms with Gasteiger partial charge in [0, 0.05) is 44.4 Å². The van der Waals surface area contributed by atoms with Crippen molar-refractivity contribution in [2.45, 2.75) is 18.6 Å². The molecule has 1 aromatic carbocycles. The molecule has 3 aromatic rings. The Bertz CT molecular complexity index is 1180. The lowest BCUT2D eigenvalue weighted by atomic mass is 9.84. The number of aryl methyl sites for hydroxylation is 1. The van der Waals surface area contributed by atoms with E-state index in [2.05, 4.69) is 40.0 Å². The first-order valence-electron chi connectivity index (χ1n) is 10.9. The van der Waals surface area contributed by atoms with Crippen LogP contribution in [-0.2, 0) is 12.6 Å². The highest BCUT2D eigenvalue weighted by Gasteiger charge is 2.38. The van der Waals surface area contributed by atoms with E-state index in [1.54, 1.807) is 12.5 Å². The molecule has 2 atom stereocenters. The molecule has 0 radical (unpaired) electrons. The van der Waals surface area contributed by atoms with Gasteiger partial charge in [-0.05, 0) is 60.5 Å². The Hall–Kier alpha value is -2.51. The number of aliphatic hydroxyl groups is 1. The van der Waals surface area contributed by atoms with Crippen molar-refractivity contribution in [1.29, 1.82) is 0 Å².